The summed E-state index contributed by atoms with van der Waals surface area (Å²) in [6, 6.07) is 6.85. The number of benzene rings is 1. The Hall–Kier alpha value is -2.65. The Morgan fingerprint density at radius 3 is 2.65 bits per heavy atom. The van der Waals surface area contributed by atoms with E-state index in [1.54, 1.807) is 36.4 Å². The van der Waals surface area contributed by atoms with Gasteiger partial charge in [0.05, 0.1) is 20.3 Å². The zero-order chi connectivity index (χ0) is 16.2. The van der Waals surface area contributed by atoms with Crippen LogP contribution in [-0.2, 0) is 4.74 Å². The molecule has 9 nitrogen and oxygen atoms in total. The zero-order valence-corrected chi connectivity index (χ0v) is 12.6. The molecule has 1 aliphatic rings. The third-order valence-corrected chi connectivity index (χ3v) is 3.46. The molecule has 2 aromatic rings. The van der Waals surface area contributed by atoms with Gasteiger partial charge < -0.3 is 9.47 Å². The number of rotatable bonds is 4. The first-order valence-electron chi connectivity index (χ1n) is 7.10. The Morgan fingerprint density at radius 1 is 1.30 bits per heavy atom. The highest BCUT2D eigenvalue weighted by molar-refractivity contribution is 5.90. The normalized spacial score (nSPS) is 15.3. The van der Waals surface area contributed by atoms with E-state index in [1.807, 2.05) is 0 Å². The lowest BCUT2D eigenvalue weighted by Gasteiger charge is -2.25. The van der Waals surface area contributed by atoms with Crippen molar-refractivity contribution in [2.24, 2.45) is 0 Å². The second-order valence-electron chi connectivity index (χ2n) is 4.90. The van der Waals surface area contributed by atoms with E-state index >= 15 is 0 Å². The Kier molecular flexibility index (Phi) is 4.40. The lowest BCUT2D eigenvalue weighted by molar-refractivity contribution is -0.672. The molecule has 1 amide bonds. The number of morpholine rings is 1. The van der Waals surface area contributed by atoms with Crippen LogP contribution >= 0.6 is 0 Å². The SMILES string of the molecule is COc1ccc(-[n+]2[nH]oc(=O)c2C(=O)NN2CCOCC2)cc1. The molecule has 1 fully saturated rings. The number of carbonyl (C=O) groups is 1. The van der Waals surface area contributed by atoms with Crippen molar-refractivity contribution in [3.63, 3.8) is 0 Å². The van der Waals surface area contributed by atoms with Crippen molar-refractivity contribution in [3.8, 4) is 11.4 Å². The van der Waals surface area contributed by atoms with Gasteiger partial charge in [0.2, 0.25) is 5.69 Å². The van der Waals surface area contributed by atoms with E-state index in [4.69, 9.17) is 14.0 Å². The van der Waals surface area contributed by atoms with Crippen LogP contribution in [0.3, 0.4) is 0 Å². The van der Waals surface area contributed by atoms with Gasteiger partial charge in [-0.3, -0.25) is 14.7 Å². The molecule has 2 heterocycles. The van der Waals surface area contributed by atoms with Crippen molar-refractivity contribution in [2.75, 3.05) is 33.4 Å². The number of nitrogens with one attached hydrogen (secondary N) is 2. The first-order valence-corrected chi connectivity index (χ1v) is 7.10. The summed E-state index contributed by atoms with van der Waals surface area (Å²) >= 11 is 0. The minimum atomic E-state index is -0.744. The van der Waals surface area contributed by atoms with E-state index < -0.39 is 11.5 Å². The molecule has 0 saturated carbocycles. The molecule has 1 aliphatic heterocycles. The molecule has 0 bridgehead atoms. The van der Waals surface area contributed by atoms with Crippen LogP contribution in [0.1, 0.15) is 10.5 Å². The maximum absolute atomic E-state index is 12.4. The van der Waals surface area contributed by atoms with Crippen LogP contribution in [0.5, 0.6) is 5.75 Å². The highest BCUT2D eigenvalue weighted by Gasteiger charge is 2.32. The number of nitrogens with zero attached hydrogens (tertiary/aromatic N) is 2. The third kappa shape index (κ3) is 3.25. The van der Waals surface area contributed by atoms with Crippen molar-refractivity contribution in [3.05, 3.63) is 40.4 Å². The second kappa shape index (κ2) is 6.63. The van der Waals surface area contributed by atoms with Crippen LogP contribution in [0, 0.1) is 0 Å². The molecule has 1 aromatic carbocycles. The lowest BCUT2D eigenvalue weighted by Crippen LogP contribution is -2.52. The van der Waals surface area contributed by atoms with Crippen molar-refractivity contribution < 1.29 is 23.5 Å². The second-order valence-corrected chi connectivity index (χ2v) is 4.90. The van der Waals surface area contributed by atoms with Crippen molar-refractivity contribution in [1.29, 1.82) is 0 Å². The van der Waals surface area contributed by atoms with Crippen LogP contribution in [-0.4, -0.2) is 49.6 Å². The summed E-state index contributed by atoms with van der Waals surface area (Å²) in [5.74, 6) is 0.122. The van der Waals surface area contributed by atoms with Crippen LogP contribution in [0.4, 0.5) is 0 Å². The van der Waals surface area contributed by atoms with Gasteiger partial charge in [0.25, 0.3) is 0 Å². The smallest absolute Gasteiger partial charge is 0.441 e. The number of ether oxygens (including phenoxy) is 2. The van der Waals surface area contributed by atoms with Crippen LogP contribution in [0.25, 0.3) is 5.69 Å². The van der Waals surface area contributed by atoms with Gasteiger partial charge in [-0.1, -0.05) is 0 Å². The monoisotopic (exact) mass is 321 g/mol. The maximum atomic E-state index is 12.4. The summed E-state index contributed by atoms with van der Waals surface area (Å²) < 4.78 is 16.4. The molecule has 1 saturated heterocycles. The molecule has 2 N–H and O–H groups in total. The molecule has 3 rings (SSSR count). The molecule has 1 aromatic heterocycles. The van der Waals surface area contributed by atoms with Gasteiger partial charge in [-0.2, -0.15) is 0 Å². The molecule has 0 unspecified atom stereocenters. The first kappa shape index (κ1) is 15.3. The number of methoxy groups -OCH3 is 1. The fourth-order valence-corrected chi connectivity index (χ4v) is 2.25. The summed E-state index contributed by atoms with van der Waals surface area (Å²) in [4.78, 5) is 24.3. The number of carbonyl (C=O) groups excluding carboxylic acids is 1. The van der Waals surface area contributed by atoms with E-state index in [0.29, 0.717) is 37.7 Å². The van der Waals surface area contributed by atoms with E-state index in [9.17, 15) is 9.59 Å². The molecule has 122 valence electrons. The predicted octanol–water partition coefficient (Wildman–Crippen LogP) is -0.770. The third-order valence-electron chi connectivity index (χ3n) is 3.46. The average Bonchev–Trinajstić information content (AvgIpc) is 2.97. The van der Waals surface area contributed by atoms with Gasteiger partial charge in [-0.25, -0.2) is 9.80 Å². The largest absolute Gasteiger partial charge is 0.497 e. The van der Waals surface area contributed by atoms with E-state index in [-0.39, 0.29) is 5.69 Å². The maximum Gasteiger partial charge on any atom is 0.441 e. The first-order chi connectivity index (χ1) is 11.2. The number of aromatic amines is 1. The van der Waals surface area contributed by atoms with Gasteiger partial charge >= 0.3 is 17.2 Å². The molecular weight excluding hydrogens is 304 g/mol. The Bertz CT molecular complexity index is 730. The van der Waals surface area contributed by atoms with Gasteiger partial charge in [0, 0.05) is 25.2 Å². The Morgan fingerprint density at radius 2 is 2.00 bits per heavy atom. The topological polar surface area (TPSA) is 101 Å². The number of hydrogen-bond donors (Lipinski definition) is 2. The minimum Gasteiger partial charge on any atom is -0.497 e. The highest BCUT2D eigenvalue weighted by atomic mass is 16.5. The van der Waals surface area contributed by atoms with Crippen LogP contribution < -0.4 is 20.5 Å². The van der Waals surface area contributed by atoms with Crippen molar-refractivity contribution >= 4 is 5.91 Å². The van der Waals surface area contributed by atoms with Crippen molar-refractivity contribution in [2.45, 2.75) is 0 Å². The summed E-state index contributed by atoms with van der Waals surface area (Å²) in [5, 5.41) is 4.14. The predicted molar refractivity (Wildman–Crippen MR) is 77.3 cm³/mol. The van der Waals surface area contributed by atoms with E-state index in [2.05, 4.69) is 10.7 Å². The van der Waals surface area contributed by atoms with Gasteiger partial charge in [0.1, 0.15) is 5.75 Å². The molecule has 0 aliphatic carbocycles. The van der Waals surface area contributed by atoms with Crippen LogP contribution in [0.2, 0.25) is 0 Å². The van der Waals surface area contributed by atoms with Crippen molar-refractivity contribution in [1.82, 2.24) is 15.7 Å². The van der Waals surface area contributed by atoms with Gasteiger partial charge in [-0.05, 0) is 22.1 Å². The van der Waals surface area contributed by atoms with Crippen LogP contribution in [0.15, 0.2) is 33.6 Å². The fourth-order valence-electron chi connectivity index (χ4n) is 2.25. The number of aromatic nitrogens is 2. The summed E-state index contributed by atoms with van der Waals surface area (Å²) in [6.45, 7) is 2.18. The molecule has 0 spiro atoms. The molecule has 23 heavy (non-hydrogen) atoms. The zero-order valence-electron chi connectivity index (χ0n) is 12.6. The molecule has 0 atom stereocenters. The van der Waals surface area contributed by atoms with E-state index in [1.165, 1.54) is 4.68 Å². The van der Waals surface area contributed by atoms with Gasteiger partial charge in [-0.15, -0.1) is 0 Å². The van der Waals surface area contributed by atoms with E-state index in [0.717, 1.165) is 0 Å². The van der Waals surface area contributed by atoms with Gasteiger partial charge in [0.15, 0.2) is 0 Å². The summed E-state index contributed by atoms with van der Waals surface area (Å²) in [7, 11) is 1.56. The average molecular weight is 321 g/mol. The summed E-state index contributed by atoms with van der Waals surface area (Å²) in [6.07, 6.45) is 0. The molecular formula is C14H17N4O5+. The molecule has 9 heteroatoms. The number of hydrogen-bond acceptors (Lipinski definition) is 6. The minimum absolute atomic E-state index is 0.137. The number of H-pyrrole nitrogens is 1. The number of hydrazine groups is 1. The Balaban J connectivity index is 1.85. The Labute approximate surface area is 131 Å². The fraction of sp³-hybridized carbons (Fsp3) is 0.357. The summed E-state index contributed by atoms with van der Waals surface area (Å²) in [5.41, 5.74) is 2.38. The number of amides is 1. The molecule has 0 radical (unpaired) electrons. The standard InChI is InChI=1S/C14H16N4O5/c1-21-11-4-2-10(3-5-11)18-12(14(20)23-16-18)13(19)15-17-6-8-22-9-7-17/h2-5H,6-9H2,1H3,(H-,15,16,19,20)/p+1. The lowest BCUT2D eigenvalue weighted by atomic mass is 10.3. The quantitative estimate of drug-likeness (QED) is 0.717. The highest BCUT2D eigenvalue weighted by Crippen LogP contribution is 2.11.